The predicted octanol–water partition coefficient (Wildman–Crippen LogP) is 2.75. The van der Waals surface area contributed by atoms with Crippen molar-refractivity contribution in [1.29, 1.82) is 0 Å². The molecule has 1 amide bonds. The van der Waals surface area contributed by atoms with E-state index >= 15 is 0 Å². The van der Waals surface area contributed by atoms with Crippen LogP contribution >= 0.6 is 0 Å². The van der Waals surface area contributed by atoms with Crippen molar-refractivity contribution in [3.05, 3.63) is 24.1 Å². The number of nitrogens with one attached hydrogen (secondary N) is 1. The SMILES string of the molecule is CCc1nc2cc(NC(=O)[C@H]3OCC[C@@H]3C)ccc2o1. The molecule has 0 aliphatic carbocycles. The summed E-state index contributed by atoms with van der Waals surface area (Å²) in [7, 11) is 0. The van der Waals surface area contributed by atoms with Gasteiger partial charge in [0.2, 0.25) is 0 Å². The second-order valence-corrected chi connectivity index (χ2v) is 5.19. The van der Waals surface area contributed by atoms with Gasteiger partial charge in [-0.15, -0.1) is 0 Å². The predicted molar refractivity (Wildman–Crippen MR) is 75.5 cm³/mol. The van der Waals surface area contributed by atoms with E-state index in [0.29, 0.717) is 12.5 Å². The van der Waals surface area contributed by atoms with Crippen LogP contribution in [0.3, 0.4) is 0 Å². The van der Waals surface area contributed by atoms with E-state index in [4.69, 9.17) is 9.15 Å². The standard InChI is InChI=1S/C15H18N2O3/c1-3-13-17-11-8-10(4-5-12(11)20-13)16-15(18)14-9(2)6-7-19-14/h4-5,8-9,14H,3,6-7H2,1-2H3,(H,16,18)/t9-,14-/m0/s1. The number of benzene rings is 1. The van der Waals surface area contributed by atoms with E-state index in [1.807, 2.05) is 32.0 Å². The number of aromatic nitrogens is 1. The van der Waals surface area contributed by atoms with Crippen LogP contribution in [0.4, 0.5) is 5.69 Å². The number of nitrogens with zero attached hydrogens (tertiary/aromatic N) is 1. The van der Waals surface area contributed by atoms with Crippen LogP contribution in [-0.4, -0.2) is 23.6 Å². The maximum Gasteiger partial charge on any atom is 0.253 e. The third-order valence-corrected chi connectivity index (χ3v) is 3.65. The van der Waals surface area contributed by atoms with E-state index in [2.05, 4.69) is 10.3 Å². The van der Waals surface area contributed by atoms with Gasteiger partial charge in [-0.3, -0.25) is 4.79 Å². The van der Waals surface area contributed by atoms with Crippen LogP contribution in [0, 0.1) is 5.92 Å². The fourth-order valence-corrected chi connectivity index (χ4v) is 2.45. The van der Waals surface area contributed by atoms with Crippen LogP contribution in [0.2, 0.25) is 0 Å². The molecule has 1 aliphatic heterocycles. The molecule has 2 atom stereocenters. The zero-order valence-corrected chi connectivity index (χ0v) is 11.7. The molecule has 3 rings (SSSR count). The Labute approximate surface area is 117 Å². The van der Waals surface area contributed by atoms with Gasteiger partial charge < -0.3 is 14.5 Å². The van der Waals surface area contributed by atoms with E-state index in [1.54, 1.807) is 0 Å². The minimum absolute atomic E-state index is 0.0893. The minimum Gasteiger partial charge on any atom is -0.441 e. The number of aryl methyl sites for hydroxylation is 1. The molecule has 0 saturated carbocycles. The second-order valence-electron chi connectivity index (χ2n) is 5.19. The Balaban J connectivity index is 1.78. The molecule has 2 heterocycles. The lowest BCUT2D eigenvalue weighted by Gasteiger charge is -2.14. The summed E-state index contributed by atoms with van der Waals surface area (Å²) in [4.78, 5) is 16.5. The molecule has 0 unspecified atom stereocenters. The van der Waals surface area contributed by atoms with Gasteiger partial charge in [-0.1, -0.05) is 13.8 Å². The van der Waals surface area contributed by atoms with Gasteiger partial charge >= 0.3 is 0 Å². The van der Waals surface area contributed by atoms with Crippen molar-refractivity contribution in [2.45, 2.75) is 32.8 Å². The first-order chi connectivity index (χ1) is 9.67. The first-order valence-electron chi connectivity index (χ1n) is 6.99. The summed E-state index contributed by atoms with van der Waals surface area (Å²) in [5.74, 6) is 0.877. The van der Waals surface area contributed by atoms with Crippen LogP contribution in [-0.2, 0) is 16.0 Å². The number of hydrogen-bond acceptors (Lipinski definition) is 4. The number of fused-ring (bicyclic) bond motifs is 1. The van der Waals surface area contributed by atoms with Crippen LogP contribution < -0.4 is 5.32 Å². The van der Waals surface area contributed by atoms with Crippen molar-refractivity contribution in [3.8, 4) is 0 Å². The topological polar surface area (TPSA) is 64.4 Å². The number of oxazole rings is 1. The van der Waals surface area contributed by atoms with Gasteiger partial charge in [-0.05, 0) is 30.5 Å². The van der Waals surface area contributed by atoms with Gasteiger partial charge in [0.15, 0.2) is 11.5 Å². The first kappa shape index (κ1) is 13.1. The molecule has 5 nitrogen and oxygen atoms in total. The number of anilines is 1. The average Bonchev–Trinajstić information content (AvgIpc) is 3.03. The largest absolute Gasteiger partial charge is 0.441 e. The fraction of sp³-hybridized carbons (Fsp3) is 0.467. The normalized spacial score (nSPS) is 22.3. The zero-order valence-electron chi connectivity index (χ0n) is 11.7. The van der Waals surface area contributed by atoms with Gasteiger partial charge in [0.1, 0.15) is 11.6 Å². The molecule has 1 aromatic heterocycles. The first-order valence-corrected chi connectivity index (χ1v) is 6.99. The number of rotatable bonds is 3. The average molecular weight is 274 g/mol. The molecule has 5 heteroatoms. The van der Waals surface area contributed by atoms with E-state index in [-0.39, 0.29) is 17.9 Å². The van der Waals surface area contributed by atoms with Crippen LogP contribution in [0.15, 0.2) is 22.6 Å². The third-order valence-electron chi connectivity index (χ3n) is 3.65. The summed E-state index contributed by atoms with van der Waals surface area (Å²) in [6.07, 6.45) is 1.33. The highest BCUT2D eigenvalue weighted by Crippen LogP contribution is 2.23. The quantitative estimate of drug-likeness (QED) is 0.934. The molecule has 2 aromatic rings. The van der Waals surface area contributed by atoms with Crippen LogP contribution in [0.25, 0.3) is 11.1 Å². The van der Waals surface area contributed by atoms with Gasteiger partial charge in [0.05, 0.1) is 0 Å². The highest BCUT2D eigenvalue weighted by atomic mass is 16.5. The van der Waals surface area contributed by atoms with Crippen molar-refractivity contribution in [2.24, 2.45) is 5.92 Å². The van der Waals surface area contributed by atoms with E-state index in [1.165, 1.54) is 0 Å². The number of amides is 1. The van der Waals surface area contributed by atoms with Crippen molar-refractivity contribution in [3.63, 3.8) is 0 Å². The highest BCUT2D eigenvalue weighted by molar-refractivity contribution is 5.96. The Morgan fingerprint density at radius 1 is 1.50 bits per heavy atom. The maximum absolute atomic E-state index is 12.1. The Bertz CT molecular complexity index is 635. The molecular weight excluding hydrogens is 256 g/mol. The smallest absolute Gasteiger partial charge is 0.253 e. The lowest BCUT2D eigenvalue weighted by molar-refractivity contribution is -0.126. The summed E-state index contributed by atoms with van der Waals surface area (Å²) < 4.78 is 11.0. The molecule has 1 fully saturated rings. The lowest BCUT2D eigenvalue weighted by Crippen LogP contribution is -2.31. The summed E-state index contributed by atoms with van der Waals surface area (Å²) >= 11 is 0. The molecule has 0 radical (unpaired) electrons. The van der Waals surface area contributed by atoms with Crippen molar-refractivity contribution in [1.82, 2.24) is 4.98 Å². The Morgan fingerprint density at radius 3 is 3.05 bits per heavy atom. The fourth-order valence-electron chi connectivity index (χ4n) is 2.45. The number of carbonyl (C=O) groups is 1. The van der Waals surface area contributed by atoms with Gasteiger partial charge in [0.25, 0.3) is 5.91 Å². The molecule has 20 heavy (non-hydrogen) atoms. The van der Waals surface area contributed by atoms with E-state index < -0.39 is 0 Å². The molecule has 0 spiro atoms. The van der Waals surface area contributed by atoms with Crippen molar-refractivity contribution < 1.29 is 13.9 Å². The van der Waals surface area contributed by atoms with Gasteiger partial charge in [-0.2, -0.15) is 0 Å². The third kappa shape index (κ3) is 2.41. The Hall–Kier alpha value is -1.88. The monoisotopic (exact) mass is 274 g/mol. The summed E-state index contributed by atoms with van der Waals surface area (Å²) in [5, 5.41) is 2.89. The second kappa shape index (κ2) is 5.25. The van der Waals surface area contributed by atoms with Gasteiger partial charge in [0, 0.05) is 18.7 Å². The van der Waals surface area contributed by atoms with Gasteiger partial charge in [-0.25, -0.2) is 4.98 Å². The molecule has 1 aromatic carbocycles. The Morgan fingerprint density at radius 2 is 2.35 bits per heavy atom. The molecule has 1 aliphatic rings. The number of carbonyl (C=O) groups excluding carboxylic acids is 1. The lowest BCUT2D eigenvalue weighted by atomic mass is 10.0. The molecular formula is C15H18N2O3. The summed E-state index contributed by atoms with van der Waals surface area (Å²) in [5.41, 5.74) is 2.23. The molecule has 0 bridgehead atoms. The van der Waals surface area contributed by atoms with Crippen molar-refractivity contribution >= 4 is 22.7 Å². The molecule has 1 N–H and O–H groups in total. The highest BCUT2D eigenvalue weighted by Gasteiger charge is 2.30. The summed E-state index contributed by atoms with van der Waals surface area (Å²) in [6, 6.07) is 5.48. The number of hydrogen-bond donors (Lipinski definition) is 1. The zero-order chi connectivity index (χ0) is 14.1. The molecule has 1 saturated heterocycles. The van der Waals surface area contributed by atoms with Crippen LogP contribution in [0.5, 0.6) is 0 Å². The van der Waals surface area contributed by atoms with E-state index in [9.17, 15) is 4.79 Å². The minimum atomic E-state index is -0.353. The number of ether oxygens (including phenoxy) is 1. The molecule has 106 valence electrons. The Kier molecular flexibility index (Phi) is 3.44. The summed E-state index contributed by atoms with van der Waals surface area (Å²) in [6.45, 7) is 4.68. The van der Waals surface area contributed by atoms with Crippen LogP contribution in [0.1, 0.15) is 26.2 Å². The maximum atomic E-state index is 12.1. The van der Waals surface area contributed by atoms with Crippen molar-refractivity contribution in [2.75, 3.05) is 11.9 Å². The van der Waals surface area contributed by atoms with E-state index in [0.717, 1.165) is 29.6 Å².